The summed E-state index contributed by atoms with van der Waals surface area (Å²) in [5.74, 6) is 2.60. The molecule has 1 aliphatic heterocycles. The minimum atomic E-state index is 0.685. The Kier molecular flexibility index (Phi) is 2.17. The molecule has 1 aromatic rings. The summed E-state index contributed by atoms with van der Waals surface area (Å²) < 4.78 is 5.49. The van der Waals surface area contributed by atoms with E-state index in [1.165, 1.54) is 30.5 Å². The molecule has 2 atom stereocenters. The Balaban J connectivity index is 2.10. The van der Waals surface area contributed by atoms with Gasteiger partial charge in [-0.3, -0.25) is 0 Å². The summed E-state index contributed by atoms with van der Waals surface area (Å²) in [5.41, 5.74) is 2.97. The van der Waals surface area contributed by atoms with E-state index in [9.17, 15) is 0 Å². The van der Waals surface area contributed by atoms with E-state index < -0.39 is 0 Å². The number of aryl methyl sites for hydroxylation is 1. The molecule has 1 fully saturated rings. The second kappa shape index (κ2) is 3.53. The van der Waals surface area contributed by atoms with Crippen LogP contribution in [0.5, 0.6) is 5.75 Å². The van der Waals surface area contributed by atoms with E-state index in [0.717, 1.165) is 18.2 Å². The Hall–Kier alpha value is -1.02. The standard InChI is InChI=1S/C13H17NO/c1-15-12-4-2-3-9-5-6-10-7-14-8-11(10)13(9)12/h2-4,10-11,14H,5-8H2,1H3. The zero-order valence-corrected chi connectivity index (χ0v) is 9.12. The molecule has 0 amide bonds. The van der Waals surface area contributed by atoms with E-state index >= 15 is 0 Å². The number of nitrogens with one attached hydrogen (secondary N) is 1. The van der Waals surface area contributed by atoms with Crippen LogP contribution < -0.4 is 10.1 Å². The molecule has 3 rings (SSSR count). The van der Waals surface area contributed by atoms with Crippen molar-refractivity contribution in [2.45, 2.75) is 18.8 Å². The van der Waals surface area contributed by atoms with Crippen LogP contribution in [0.4, 0.5) is 0 Å². The Morgan fingerprint density at radius 3 is 3.13 bits per heavy atom. The van der Waals surface area contributed by atoms with Crippen LogP contribution in [0.3, 0.4) is 0 Å². The van der Waals surface area contributed by atoms with E-state index in [1.54, 1.807) is 7.11 Å². The maximum atomic E-state index is 5.49. The van der Waals surface area contributed by atoms with Crippen molar-refractivity contribution in [1.29, 1.82) is 0 Å². The van der Waals surface area contributed by atoms with Gasteiger partial charge in [0.05, 0.1) is 7.11 Å². The third-order valence-electron chi connectivity index (χ3n) is 3.87. The molecule has 0 spiro atoms. The van der Waals surface area contributed by atoms with Gasteiger partial charge in [-0.15, -0.1) is 0 Å². The van der Waals surface area contributed by atoms with Crippen molar-refractivity contribution >= 4 is 0 Å². The second-order valence-electron chi connectivity index (χ2n) is 4.60. The highest BCUT2D eigenvalue weighted by Gasteiger charge is 2.34. The van der Waals surface area contributed by atoms with Gasteiger partial charge in [-0.1, -0.05) is 12.1 Å². The lowest BCUT2D eigenvalue weighted by Crippen LogP contribution is -2.19. The van der Waals surface area contributed by atoms with Gasteiger partial charge in [0.2, 0.25) is 0 Å². The second-order valence-corrected chi connectivity index (χ2v) is 4.60. The molecule has 15 heavy (non-hydrogen) atoms. The molecule has 0 aromatic heterocycles. The minimum Gasteiger partial charge on any atom is -0.496 e. The molecule has 2 aliphatic rings. The van der Waals surface area contributed by atoms with Crippen molar-refractivity contribution < 1.29 is 4.74 Å². The quantitative estimate of drug-likeness (QED) is 0.753. The predicted molar refractivity (Wildman–Crippen MR) is 60.4 cm³/mol. The van der Waals surface area contributed by atoms with Crippen molar-refractivity contribution in [2.75, 3.05) is 20.2 Å². The van der Waals surface area contributed by atoms with E-state index in [2.05, 4.69) is 23.5 Å². The molecule has 0 saturated carbocycles. The first-order chi connectivity index (χ1) is 7.40. The van der Waals surface area contributed by atoms with Gasteiger partial charge in [0, 0.05) is 18.0 Å². The molecule has 1 heterocycles. The van der Waals surface area contributed by atoms with Gasteiger partial charge in [-0.2, -0.15) is 0 Å². The highest BCUT2D eigenvalue weighted by atomic mass is 16.5. The fraction of sp³-hybridized carbons (Fsp3) is 0.538. The molecular weight excluding hydrogens is 186 g/mol. The molecule has 80 valence electrons. The van der Waals surface area contributed by atoms with Gasteiger partial charge in [0.1, 0.15) is 5.75 Å². The molecule has 0 radical (unpaired) electrons. The third-order valence-corrected chi connectivity index (χ3v) is 3.87. The van der Waals surface area contributed by atoms with E-state index in [4.69, 9.17) is 4.74 Å². The largest absolute Gasteiger partial charge is 0.496 e. The van der Waals surface area contributed by atoms with Crippen LogP contribution >= 0.6 is 0 Å². The molecule has 2 heteroatoms. The van der Waals surface area contributed by atoms with E-state index in [-0.39, 0.29) is 0 Å². The molecule has 2 unspecified atom stereocenters. The van der Waals surface area contributed by atoms with Gasteiger partial charge in [-0.05, 0) is 36.9 Å². The summed E-state index contributed by atoms with van der Waals surface area (Å²) in [6.07, 6.45) is 2.55. The zero-order chi connectivity index (χ0) is 10.3. The zero-order valence-electron chi connectivity index (χ0n) is 9.12. The lowest BCUT2D eigenvalue weighted by atomic mass is 9.76. The number of rotatable bonds is 1. The molecule has 1 aromatic carbocycles. The number of hydrogen-bond donors (Lipinski definition) is 1. The van der Waals surface area contributed by atoms with Gasteiger partial charge < -0.3 is 10.1 Å². The Morgan fingerprint density at radius 2 is 2.27 bits per heavy atom. The van der Waals surface area contributed by atoms with Gasteiger partial charge in [0.15, 0.2) is 0 Å². The van der Waals surface area contributed by atoms with E-state index in [0.29, 0.717) is 5.92 Å². The molecular formula is C13H17NO. The number of ether oxygens (including phenoxy) is 1. The third kappa shape index (κ3) is 1.36. The van der Waals surface area contributed by atoms with Gasteiger partial charge in [-0.25, -0.2) is 0 Å². The molecule has 1 saturated heterocycles. The normalized spacial score (nSPS) is 28.3. The summed E-state index contributed by atoms with van der Waals surface area (Å²) >= 11 is 0. The molecule has 1 aliphatic carbocycles. The van der Waals surface area contributed by atoms with Crippen LogP contribution in [0.2, 0.25) is 0 Å². The summed E-state index contributed by atoms with van der Waals surface area (Å²) in [7, 11) is 1.78. The highest BCUT2D eigenvalue weighted by molar-refractivity contribution is 5.45. The van der Waals surface area contributed by atoms with Crippen LogP contribution in [0.15, 0.2) is 18.2 Å². The van der Waals surface area contributed by atoms with Crippen molar-refractivity contribution in [2.24, 2.45) is 5.92 Å². The van der Waals surface area contributed by atoms with Crippen molar-refractivity contribution in [3.05, 3.63) is 29.3 Å². The molecule has 1 N–H and O–H groups in total. The summed E-state index contributed by atoms with van der Waals surface area (Å²) in [4.78, 5) is 0. The minimum absolute atomic E-state index is 0.685. The fourth-order valence-corrected chi connectivity index (χ4v) is 3.12. The first-order valence-corrected chi connectivity index (χ1v) is 5.76. The maximum absolute atomic E-state index is 5.49. The van der Waals surface area contributed by atoms with Gasteiger partial charge in [0.25, 0.3) is 0 Å². The van der Waals surface area contributed by atoms with Crippen LogP contribution in [0.1, 0.15) is 23.5 Å². The number of hydrogen-bond acceptors (Lipinski definition) is 2. The monoisotopic (exact) mass is 203 g/mol. The first-order valence-electron chi connectivity index (χ1n) is 5.76. The first kappa shape index (κ1) is 9.22. The van der Waals surface area contributed by atoms with E-state index in [1.807, 2.05) is 0 Å². The van der Waals surface area contributed by atoms with Crippen molar-refractivity contribution in [3.63, 3.8) is 0 Å². The number of fused-ring (bicyclic) bond motifs is 3. The average molecular weight is 203 g/mol. The SMILES string of the molecule is COc1cccc2c1C1CNCC1CC2. The predicted octanol–water partition coefficient (Wildman–Crippen LogP) is 1.94. The van der Waals surface area contributed by atoms with Crippen LogP contribution in [0, 0.1) is 5.92 Å². The smallest absolute Gasteiger partial charge is 0.122 e. The average Bonchev–Trinajstić information content (AvgIpc) is 2.76. The van der Waals surface area contributed by atoms with Crippen molar-refractivity contribution in [3.8, 4) is 5.75 Å². The van der Waals surface area contributed by atoms with Crippen molar-refractivity contribution in [1.82, 2.24) is 5.32 Å². The number of methoxy groups -OCH3 is 1. The number of benzene rings is 1. The Morgan fingerprint density at radius 1 is 1.33 bits per heavy atom. The van der Waals surface area contributed by atoms with Crippen LogP contribution in [-0.4, -0.2) is 20.2 Å². The lowest BCUT2D eigenvalue weighted by molar-refractivity contribution is 0.384. The topological polar surface area (TPSA) is 21.3 Å². The fourth-order valence-electron chi connectivity index (χ4n) is 3.12. The summed E-state index contributed by atoms with van der Waals surface area (Å²) in [6.45, 7) is 2.31. The highest BCUT2D eigenvalue weighted by Crippen LogP contribution is 2.42. The Labute approximate surface area is 90.6 Å². The molecule has 2 nitrogen and oxygen atoms in total. The van der Waals surface area contributed by atoms with Crippen LogP contribution in [0.25, 0.3) is 0 Å². The lowest BCUT2D eigenvalue weighted by Gasteiger charge is -2.28. The maximum Gasteiger partial charge on any atom is 0.122 e. The van der Waals surface area contributed by atoms with Crippen LogP contribution in [-0.2, 0) is 6.42 Å². The Bertz CT molecular complexity index is 361. The summed E-state index contributed by atoms with van der Waals surface area (Å²) in [6, 6.07) is 6.46. The summed E-state index contributed by atoms with van der Waals surface area (Å²) in [5, 5.41) is 3.50. The van der Waals surface area contributed by atoms with Gasteiger partial charge >= 0.3 is 0 Å². The molecule has 0 bridgehead atoms.